The number of hydrogen-bond donors (Lipinski definition) is 0. The highest BCUT2D eigenvalue weighted by Crippen LogP contribution is 2.22. The number of imidazole rings is 2. The van der Waals surface area contributed by atoms with E-state index in [0.717, 1.165) is 37.4 Å². The number of unbranched alkanes of at least 4 members (excludes halogenated alkanes) is 2. The van der Waals surface area contributed by atoms with Crippen LogP contribution >= 0.6 is 0 Å². The van der Waals surface area contributed by atoms with Gasteiger partial charge < -0.3 is 9.11 Å². The van der Waals surface area contributed by atoms with Crippen LogP contribution in [0.5, 0.6) is 0 Å². The molecule has 12 heteroatoms. The molecule has 0 saturated heterocycles. The van der Waals surface area contributed by atoms with E-state index in [1.807, 2.05) is 0 Å². The maximum atomic E-state index is 10.8. The van der Waals surface area contributed by atoms with Crippen LogP contribution < -0.4 is 9.13 Å². The fraction of sp³-hybridized carbons (Fsp3) is 0.400. The fourth-order valence-electron chi connectivity index (χ4n) is 3.96. The van der Waals surface area contributed by atoms with E-state index < -0.39 is 20.2 Å². The lowest BCUT2D eigenvalue weighted by molar-refractivity contribution is -0.677. The van der Waals surface area contributed by atoms with Gasteiger partial charge in [0.15, 0.2) is 0 Å². The molecule has 2 aromatic carbocycles. The van der Waals surface area contributed by atoms with Gasteiger partial charge in [0.05, 0.1) is 37.0 Å². The molecule has 0 aliphatic rings. The second-order valence-corrected chi connectivity index (χ2v) is 12.7. The van der Waals surface area contributed by atoms with Gasteiger partial charge in [-0.25, -0.2) is 35.1 Å². The first-order valence-electron chi connectivity index (χ1n) is 13.8. The summed E-state index contributed by atoms with van der Waals surface area (Å²) in [4.78, 5) is -0.694. The van der Waals surface area contributed by atoms with Crippen molar-refractivity contribution in [3.63, 3.8) is 0 Å². The van der Waals surface area contributed by atoms with Gasteiger partial charge in [-0.2, -0.15) is 0 Å². The van der Waals surface area contributed by atoms with Crippen molar-refractivity contribution in [3.05, 3.63) is 85.0 Å². The number of aromatic nitrogens is 4. The average molecular weight is 619 g/mol. The van der Waals surface area contributed by atoms with Crippen molar-refractivity contribution in [1.29, 1.82) is 0 Å². The minimum atomic E-state index is -4.50. The summed E-state index contributed by atoms with van der Waals surface area (Å²) in [5.41, 5.74) is 1.18. The molecule has 2 aromatic heterocycles. The number of hydrogen-bond acceptors (Lipinski definition) is 6. The van der Waals surface area contributed by atoms with Crippen molar-refractivity contribution in [1.82, 2.24) is 9.13 Å². The number of benzene rings is 2. The predicted octanol–water partition coefficient (Wildman–Crippen LogP) is 4.00. The van der Waals surface area contributed by atoms with Crippen molar-refractivity contribution < 1.29 is 35.1 Å². The van der Waals surface area contributed by atoms with E-state index in [1.165, 1.54) is 61.6 Å². The summed E-state index contributed by atoms with van der Waals surface area (Å²) >= 11 is 0. The SMILES string of the molecule is CCCCn1cc[n+](C)c1C.CCCCn1cc[n+](C)c1C.O=S(=O)([O-])c1ccc(-c2ccc(S(=O)(=O)[O-])cc2)cc1. The van der Waals surface area contributed by atoms with Crippen molar-refractivity contribution in [3.8, 4) is 11.1 Å². The average Bonchev–Trinajstić information content (AvgIpc) is 3.45. The molecule has 0 amide bonds. The Hall–Kier alpha value is -3.32. The first-order valence-corrected chi connectivity index (χ1v) is 16.7. The van der Waals surface area contributed by atoms with E-state index >= 15 is 0 Å². The lowest BCUT2D eigenvalue weighted by atomic mass is 10.1. The Bertz CT molecular complexity index is 1500. The van der Waals surface area contributed by atoms with Crippen LogP contribution in [0.25, 0.3) is 11.1 Å². The zero-order valence-electron chi connectivity index (χ0n) is 25.2. The molecule has 0 spiro atoms. The molecule has 0 unspecified atom stereocenters. The quantitative estimate of drug-likeness (QED) is 0.206. The number of nitrogens with zero attached hydrogens (tertiary/aromatic N) is 4. The normalized spacial score (nSPS) is 11.3. The number of aryl methyl sites for hydroxylation is 4. The zero-order chi connectivity index (χ0) is 31.5. The topological polar surface area (TPSA) is 132 Å². The highest BCUT2D eigenvalue weighted by atomic mass is 32.2. The van der Waals surface area contributed by atoms with Crippen LogP contribution in [0.3, 0.4) is 0 Å². The summed E-state index contributed by atoms with van der Waals surface area (Å²) in [5, 5.41) is 0. The molecule has 2 heterocycles. The van der Waals surface area contributed by atoms with Crippen molar-refractivity contribution in [2.45, 2.75) is 76.3 Å². The maximum Gasteiger partial charge on any atom is 0.253 e. The van der Waals surface area contributed by atoms with Gasteiger partial charge in [-0.15, -0.1) is 0 Å². The molecule has 10 nitrogen and oxygen atoms in total. The zero-order valence-corrected chi connectivity index (χ0v) is 26.9. The third kappa shape index (κ3) is 10.5. The molecular formula is C30H42N4O6S2. The third-order valence-electron chi connectivity index (χ3n) is 6.92. The summed E-state index contributed by atoms with van der Waals surface area (Å²) in [5.74, 6) is 2.66. The Kier molecular flexibility index (Phi) is 13.1. The molecule has 0 bridgehead atoms. The molecule has 0 atom stereocenters. The summed E-state index contributed by atoms with van der Waals surface area (Å²) in [7, 11) is -4.83. The van der Waals surface area contributed by atoms with Gasteiger partial charge in [0.1, 0.15) is 45.0 Å². The molecule has 0 N–H and O–H groups in total. The molecule has 42 heavy (non-hydrogen) atoms. The van der Waals surface area contributed by atoms with Gasteiger partial charge >= 0.3 is 0 Å². The molecule has 230 valence electrons. The molecule has 0 saturated carbocycles. The van der Waals surface area contributed by atoms with Gasteiger partial charge in [-0.1, -0.05) is 51.0 Å². The fourth-order valence-corrected chi connectivity index (χ4v) is 4.89. The van der Waals surface area contributed by atoms with E-state index in [0.29, 0.717) is 11.1 Å². The smallest absolute Gasteiger partial charge is 0.253 e. The molecule has 0 radical (unpaired) electrons. The van der Waals surface area contributed by atoms with E-state index in [-0.39, 0.29) is 9.79 Å². The van der Waals surface area contributed by atoms with Crippen LogP contribution in [0.4, 0.5) is 0 Å². The van der Waals surface area contributed by atoms with Crippen LogP contribution in [-0.2, 0) is 47.4 Å². The Morgan fingerprint density at radius 3 is 1.14 bits per heavy atom. The summed E-state index contributed by atoms with van der Waals surface area (Å²) in [6.07, 6.45) is 13.6. The van der Waals surface area contributed by atoms with Crippen molar-refractivity contribution in [2.24, 2.45) is 14.1 Å². The third-order valence-corrected chi connectivity index (χ3v) is 8.62. The highest BCUT2D eigenvalue weighted by Gasteiger charge is 2.08. The monoisotopic (exact) mass is 618 g/mol. The van der Waals surface area contributed by atoms with E-state index in [9.17, 15) is 25.9 Å². The Balaban J connectivity index is 0.000000239. The molecule has 4 aromatic rings. The maximum absolute atomic E-state index is 10.8. The van der Waals surface area contributed by atoms with Crippen LogP contribution in [0.15, 0.2) is 83.1 Å². The second kappa shape index (κ2) is 15.8. The van der Waals surface area contributed by atoms with Crippen molar-refractivity contribution in [2.75, 3.05) is 0 Å². The molecule has 0 aliphatic heterocycles. The lowest BCUT2D eigenvalue weighted by Crippen LogP contribution is -2.29. The largest absolute Gasteiger partial charge is 0.744 e. The Morgan fingerprint density at radius 1 is 0.619 bits per heavy atom. The lowest BCUT2D eigenvalue weighted by Gasteiger charge is -2.09. The van der Waals surface area contributed by atoms with Crippen LogP contribution in [0, 0.1) is 13.8 Å². The Morgan fingerprint density at radius 2 is 0.929 bits per heavy atom. The summed E-state index contributed by atoms with van der Waals surface area (Å²) < 4.78 is 73.6. The standard InChI is InChI=1S/C12H10O6S2.2C9H17N2/c13-19(14,15)11-5-1-9(2-6-11)10-3-7-12(8-4-10)20(16,17)18;2*1-4-5-6-11-8-7-10(3)9(11)2/h1-8H,(H,13,14,15)(H,16,17,18);2*7-8H,4-6H2,1-3H3/q;2*+1/p-2. The first kappa shape index (κ1) is 34.9. The van der Waals surface area contributed by atoms with E-state index in [1.54, 1.807) is 0 Å². The van der Waals surface area contributed by atoms with Gasteiger partial charge in [0.2, 0.25) is 0 Å². The Labute approximate surface area is 250 Å². The minimum absolute atomic E-state index is 0.347. The molecule has 0 fully saturated rings. The van der Waals surface area contributed by atoms with Gasteiger partial charge in [-0.3, -0.25) is 0 Å². The van der Waals surface area contributed by atoms with Gasteiger partial charge in [0, 0.05) is 13.8 Å². The number of rotatable bonds is 9. The van der Waals surface area contributed by atoms with E-state index in [2.05, 4.69) is 84.8 Å². The predicted molar refractivity (Wildman–Crippen MR) is 158 cm³/mol. The summed E-state index contributed by atoms with van der Waals surface area (Å²) in [6.45, 7) is 11.1. The highest BCUT2D eigenvalue weighted by molar-refractivity contribution is 7.86. The van der Waals surface area contributed by atoms with Crippen LogP contribution in [0.2, 0.25) is 0 Å². The summed E-state index contributed by atoms with van der Waals surface area (Å²) in [6, 6.07) is 10.3. The minimum Gasteiger partial charge on any atom is -0.744 e. The van der Waals surface area contributed by atoms with Gasteiger partial charge in [-0.05, 0) is 48.2 Å². The molecular weight excluding hydrogens is 576 g/mol. The molecule has 0 aliphatic carbocycles. The van der Waals surface area contributed by atoms with Crippen molar-refractivity contribution >= 4 is 20.2 Å². The second-order valence-electron chi connectivity index (χ2n) is 9.96. The molecule has 4 rings (SSSR count). The first-order chi connectivity index (χ1) is 19.7. The van der Waals surface area contributed by atoms with Gasteiger partial charge in [0.25, 0.3) is 11.6 Å². The van der Waals surface area contributed by atoms with E-state index in [4.69, 9.17) is 0 Å². The van der Waals surface area contributed by atoms with Crippen LogP contribution in [-0.4, -0.2) is 35.1 Å². The van der Waals surface area contributed by atoms with Crippen LogP contribution in [0.1, 0.15) is 51.2 Å².